The maximum atomic E-state index is 13.0. The number of benzene rings is 4. The minimum Gasteiger partial charge on any atom is -0.493 e. The number of anilines is 1. The SMILES string of the molecule is Cc1nn(C)c2c1-c1cccc3c(CCCOc4cccc5ccccc45)c(C(=O)O)n(c13)CCCN(c1ccc(I)cc1)C2. The summed E-state index contributed by atoms with van der Waals surface area (Å²) in [6, 6.07) is 29.2. The number of hydrogen-bond acceptors (Lipinski definition) is 4. The van der Waals surface area contributed by atoms with Gasteiger partial charge in [-0.05, 0) is 90.1 Å². The number of carbonyl (C=O) groups is 1. The number of rotatable bonds is 7. The summed E-state index contributed by atoms with van der Waals surface area (Å²) < 4.78 is 11.5. The lowest BCUT2D eigenvalue weighted by Gasteiger charge is -2.27. The standard InChI is InChI=1S/C37H35IN4O3/c1-24-34-31-13-6-12-29-30(14-7-22-45-33-15-5-10-25-9-3-4-11-28(25)33)36(37(43)44)42(35(29)31)21-8-20-41(23-32(34)40(2)39-24)27-18-16-26(38)17-19-27/h3-6,9-13,15-19H,7-8,14,20-23H2,1-2H3,(H,43,44). The molecule has 45 heavy (non-hydrogen) atoms. The molecule has 0 atom stereocenters. The Balaban J connectivity index is 1.27. The van der Waals surface area contributed by atoms with E-state index in [9.17, 15) is 9.90 Å². The number of carboxylic acid groups (broad SMARTS) is 1. The molecule has 6 aromatic rings. The van der Waals surface area contributed by atoms with Crippen LogP contribution in [0, 0.1) is 10.5 Å². The van der Waals surface area contributed by atoms with Crippen LogP contribution in [0.5, 0.6) is 5.75 Å². The molecule has 7 rings (SSSR count). The molecule has 2 aromatic heterocycles. The molecular formula is C37H35IN4O3. The van der Waals surface area contributed by atoms with E-state index in [1.807, 2.05) is 36.0 Å². The van der Waals surface area contributed by atoms with Crippen LogP contribution in [-0.4, -0.2) is 38.6 Å². The fourth-order valence-electron chi connectivity index (χ4n) is 6.95. The Morgan fingerprint density at radius 2 is 1.71 bits per heavy atom. The van der Waals surface area contributed by atoms with E-state index in [0.717, 1.165) is 74.2 Å². The van der Waals surface area contributed by atoms with Gasteiger partial charge in [0.15, 0.2) is 0 Å². The van der Waals surface area contributed by atoms with Crippen molar-refractivity contribution in [3.63, 3.8) is 0 Å². The first-order chi connectivity index (χ1) is 21.9. The van der Waals surface area contributed by atoms with E-state index in [1.165, 1.54) is 3.57 Å². The quantitative estimate of drug-likeness (QED) is 0.134. The predicted molar refractivity (Wildman–Crippen MR) is 188 cm³/mol. The van der Waals surface area contributed by atoms with Gasteiger partial charge in [-0.1, -0.05) is 54.6 Å². The van der Waals surface area contributed by atoms with E-state index < -0.39 is 5.97 Å². The summed E-state index contributed by atoms with van der Waals surface area (Å²) in [5, 5.41) is 18.7. The van der Waals surface area contributed by atoms with E-state index in [-0.39, 0.29) is 0 Å². The molecule has 0 saturated carbocycles. The minimum absolute atomic E-state index is 0.382. The lowest BCUT2D eigenvalue weighted by molar-refractivity contribution is 0.0684. The lowest BCUT2D eigenvalue weighted by atomic mass is 9.97. The summed E-state index contributed by atoms with van der Waals surface area (Å²) in [7, 11) is 2.01. The molecule has 1 N–H and O–H groups in total. The van der Waals surface area contributed by atoms with E-state index in [0.29, 0.717) is 38.2 Å². The summed E-state index contributed by atoms with van der Waals surface area (Å²) in [6.45, 7) is 4.66. The van der Waals surface area contributed by atoms with Crippen LogP contribution in [0.4, 0.5) is 5.69 Å². The molecule has 0 bridgehead atoms. The summed E-state index contributed by atoms with van der Waals surface area (Å²) in [6.07, 6.45) is 2.11. The fraction of sp³-hybridized carbons (Fsp3) is 0.243. The minimum atomic E-state index is -0.892. The topological polar surface area (TPSA) is 72.5 Å². The van der Waals surface area contributed by atoms with Crippen LogP contribution >= 0.6 is 22.6 Å². The Morgan fingerprint density at radius 1 is 0.956 bits per heavy atom. The molecule has 0 aliphatic carbocycles. The number of aromatic carboxylic acids is 1. The second-order valence-corrected chi connectivity index (χ2v) is 12.9. The molecule has 1 aliphatic heterocycles. The van der Waals surface area contributed by atoms with Crippen molar-refractivity contribution >= 4 is 55.9 Å². The summed E-state index contributed by atoms with van der Waals surface area (Å²) >= 11 is 2.34. The first-order valence-electron chi connectivity index (χ1n) is 15.4. The molecule has 7 nitrogen and oxygen atoms in total. The van der Waals surface area contributed by atoms with Crippen molar-refractivity contribution in [2.45, 2.75) is 39.3 Å². The third kappa shape index (κ3) is 5.45. The summed E-state index contributed by atoms with van der Waals surface area (Å²) in [4.78, 5) is 15.4. The Kier molecular flexibility index (Phi) is 7.99. The molecule has 4 aromatic carbocycles. The maximum Gasteiger partial charge on any atom is 0.352 e. The molecule has 0 unspecified atom stereocenters. The summed E-state index contributed by atoms with van der Waals surface area (Å²) in [5.41, 5.74) is 7.58. The number of aryl methyl sites for hydroxylation is 4. The van der Waals surface area contributed by atoms with Gasteiger partial charge in [-0.3, -0.25) is 4.68 Å². The Bertz CT molecular complexity index is 2040. The maximum absolute atomic E-state index is 13.0. The molecule has 8 heteroatoms. The summed E-state index contributed by atoms with van der Waals surface area (Å²) in [5.74, 6) is -0.0382. The van der Waals surface area contributed by atoms with Crippen molar-refractivity contribution < 1.29 is 14.6 Å². The Morgan fingerprint density at radius 3 is 2.53 bits per heavy atom. The van der Waals surface area contributed by atoms with Crippen molar-refractivity contribution in [2.75, 3.05) is 18.1 Å². The Hall–Kier alpha value is -4.31. The van der Waals surface area contributed by atoms with E-state index >= 15 is 0 Å². The first kappa shape index (κ1) is 29.4. The third-order valence-electron chi connectivity index (χ3n) is 8.92. The second kappa shape index (κ2) is 12.2. The molecule has 3 heterocycles. The third-order valence-corrected chi connectivity index (χ3v) is 9.64. The predicted octanol–water partition coefficient (Wildman–Crippen LogP) is 8.23. The average Bonchev–Trinajstić information content (AvgIpc) is 3.51. The van der Waals surface area contributed by atoms with Gasteiger partial charge >= 0.3 is 5.97 Å². The van der Waals surface area contributed by atoms with Crippen LogP contribution in [-0.2, 0) is 26.6 Å². The normalized spacial score (nSPS) is 13.3. The average molecular weight is 711 g/mol. The van der Waals surface area contributed by atoms with Crippen molar-refractivity contribution in [3.05, 3.63) is 111 Å². The van der Waals surface area contributed by atoms with Crippen molar-refractivity contribution in [2.24, 2.45) is 7.05 Å². The highest BCUT2D eigenvalue weighted by atomic mass is 127. The van der Waals surface area contributed by atoms with Crippen molar-refractivity contribution in [1.82, 2.24) is 14.3 Å². The molecule has 0 fully saturated rings. The highest BCUT2D eigenvalue weighted by Gasteiger charge is 2.28. The number of halogens is 1. The van der Waals surface area contributed by atoms with E-state index in [2.05, 4.69) is 99.6 Å². The zero-order chi connectivity index (χ0) is 31.1. The molecule has 0 amide bonds. The monoisotopic (exact) mass is 710 g/mol. The van der Waals surface area contributed by atoms with Gasteiger partial charge in [-0.25, -0.2) is 4.79 Å². The van der Waals surface area contributed by atoms with Crippen LogP contribution in [0.25, 0.3) is 32.8 Å². The fourth-order valence-corrected chi connectivity index (χ4v) is 7.30. The van der Waals surface area contributed by atoms with E-state index in [4.69, 9.17) is 9.84 Å². The van der Waals surface area contributed by atoms with Crippen LogP contribution in [0.3, 0.4) is 0 Å². The van der Waals surface area contributed by atoms with Crippen LogP contribution < -0.4 is 9.64 Å². The number of nitrogens with zero attached hydrogens (tertiary/aromatic N) is 4. The van der Waals surface area contributed by atoms with Gasteiger partial charge in [-0.2, -0.15) is 5.10 Å². The van der Waals surface area contributed by atoms with Crippen LogP contribution in [0.2, 0.25) is 0 Å². The zero-order valence-corrected chi connectivity index (χ0v) is 27.6. The molecule has 0 radical (unpaired) electrons. The van der Waals surface area contributed by atoms with E-state index in [1.54, 1.807) is 0 Å². The lowest BCUT2D eigenvalue weighted by Crippen LogP contribution is -2.27. The van der Waals surface area contributed by atoms with Gasteiger partial charge in [0.05, 0.1) is 30.1 Å². The molecule has 0 spiro atoms. The van der Waals surface area contributed by atoms with Crippen molar-refractivity contribution in [3.8, 4) is 16.9 Å². The number of carboxylic acids is 1. The van der Waals surface area contributed by atoms with Gasteiger partial charge in [-0.15, -0.1) is 0 Å². The molecule has 0 saturated heterocycles. The number of aromatic nitrogens is 3. The number of para-hydroxylation sites is 1. The molecular weight excluding hydrogens is 675 g/mol. The molecule has 228 valence electrons. The number of hydrogen-bond donors (Lipinski definition) is 1. The number of fused-ring (bicyclic) bond motifs is 3. The number of ether oxygens (including phenoxy) is 1. The van der Waals surface area contributed by atoms with Gasteiger partial charge < -0.3 is 19.3 Å². The van der Waals surface area contributed by atoms with Crippen LogP contribution in [0.15, 0.2) is 84.9 Å². The first-order valence-corrected chi connectivity index (χ1v) is 16.5. The van der Waals surface area contributed by atoms with Crippen molar-refractivity contribution in [1.29, 1.82) is 0 Å². The molecule has 1 aliphatic rings. The highest BCUT2D eigenvalue weighted by Crippen LogP contribution is 2.39. The van der Waals surface area contributed by atoms with Gasteiger partial charge in [0.1, 0.15) is 11.4 Å². The van der Waals surface area contributed by atoms with Crippen LogP contribution in [0.1, 0.15) is 40.3 Å². The zero-order valence-electron chi connectivity index (χ0n) is 25.5. The van der Waals surface area contributed by atoms with Gasteiger partial charge in [0, 0.05) is 51.3 Å². The smallest absolute Gasteiger partial charge is 0.352 e. The highest BCUT2D eigenvalue weighted by molar-refractivity contribution is 14.1. The Labute approximate surface area is 276 Å². The van der Waals surface area contributed by atoms with Gasteiger partial charge in [0.25, 0.3) is 0 Å². The largest absolute Gasteiger partial charge is 0.493 e. The second-order valence-electron chi connectivity index (χ2n) is 11.7. The van der Waals surface area contributed by atoms with Gasteiger partial charge in [0.2, 0.25) is 0 Å².